The maximum absolute atomic E-state index is 13.3. The van der Waals surface area contributed by atoms with E-state index in [0.717, 1.165) is 31.4 Å². The predicted molar refractivity (Wildman–Crippen MR) is 101 cm³/mol. The molecular formula is C20H22F3N4O+. The number of hydrogen-bond donors (Lipinski definition) is 1. The SMILES string of the molecule is COC1([N+]23N=C(N)C=CC2=NC=C3c2cccc(C(F)(F)F)c2)CCCCC1. The van der Waals surface area contributed by atoms with E-state index in [1.54, 1.807) is 31.5 Å². The number of nitrogens with two attached hydrogens (primary N) is 1. The lowest BCUT2D eigenvalue weighted by Crippen LogP contribution is -2.64. The van der Waals surface area contributed by atoms with Gasteiger partial charge in [-0.1, -0.05) is 17.1 Å². The van der Waals surface area contributed by atoms with Crippen molar-refractivity contribution < 1.29 is 22.5 Å². The summed E-state index contributed by atoms with van der Waals surface area (Å²) in [5.74, 6) is 0.895. The molecule has 0 bridgehead atoms. The van der Waals surface area contributed by atoms with Crippen molar-refractivity contribution in [1.82, 2.24) is 0 Å². The summed E-state index contributed by atoms with van der Waals surface area (Å²) in [5.41, 5.74) is 5.54. The molecule has 5 nitrogen and oxygen atoms in total. The van der Waals surface area contributed by atoms with E-state index in [1.807, 2.05) is 0 Å². The van der Waals surface area contributed by atoms with Crippen molar-refractivity contribution in [2.45, 2.75) is 44.0 Å². The second-order valence-corrected chi connectivity index (χ2v) is 7.28. The van der Waals surface area contributed by atoms with Crippen LogP contribution in [0.5, 0.6) is 0 Å². The number of methoxy groups -OCH3 is 1. The van der Waals surface area contributed by atoms with Crippen LogP contribution in [0.2, 0.25) is 0 Å². The highest BCUT2D eigenvalue weighted by atomic mass is 19.4. The fraction of sp³-hybridized carbons (Fsp3) is 0.400. The fourth-order valence-electron chi connectivity index (χ4n) is 4.44. The summed E-state index contributed by atoms with van der Waals surface area (Å²) in [4.78, 5) is 4.50. The summed E-state index contributed by atoms with van der Waals surface area (Å²) in [7, 11) is 1.63. The zero-order valence-electron chi connectivity index (χ0n) is 15.5. The maximum atomic E-state index is 13.3. The summed E-state index contributed by atoms with van der Waals surface area (Å²) in [6.07, 6.45) is 4.97. The monoisotopic (exact) mass is 391 g/mol. The molecule has 8 heteroatoms. The third-order valence-electron chi connectivity index (χ3n) is 5.76. The molecule has 3 aliphatic rings. The third-order valence-corrected chi connectivity index (χ3v) is 5.76. The van der Waals surface area contributed by atoms with E-state index in [0.29, 0.717) is 35.8 Å². The van der Waals surface area contributed by atoms with Gasteiger partial charge < -0.3 is 10.5 Å². The molecular weight excluding hydrogens is 369 g/mol. The normalized spacial score (nSPS) is 26.4. The minimum absolute atomic E-state index is 0.146. The van der Waals surface area contributed by atoms with Crippen LogP contribution >= 0.6 is 0 Å². The topological polar surface area (TPSA) is 60.0 Å². The van der Waals surface area contributed by atoms with E-state index < -0.39 is 17.5 Å². The van der Waals surface area contributed by atoms with Crippen LogP contribution in [-0.4, -0.2) is 29.1 Å². The molecule has 1 unspecified atom stereocenters. The lowest BCUT2D eigenvalue weighted by atomic mass is 9.87. The molecule has 1 aromatic rings. The van der Waals surface area contributed by atoms with Gasteiger partial charge in [0.2, 0.25) is 5.72 Å². The Morgan fingerprint density at radius 3 is 2.57 bits per heavy atom. The number of benzene rings is 1. The number of ether oxygens (including phenoxy) is 1. The molecule has 2 aliphatic heterocycles. The quantitative estimate of drug-likeness (QED) is 0.778. The molecule has 0 saturated heterocycles. The number of halogens is 3. The summed E-state index contributed by atoms with van der Waals surface area (Å²) in [5, 5.41) is 4.73. The van der Waals surface area contributed by atoms with Crippen LogP contribution in [0.15, 0.2) is 52.7 Å². The molecule has 0 spiro atoms. The van der Waals surface area contributed by atoms with Crippen molar-refractivity contribution in [3.8, 4) is 0 Å². The van der Waals surface area contributed by atoms with Gasteiger partial charge in [0.25, 0.3) is 5.84 Å². The zero-order chi connectivity index (χ0) is 20.0. The van der Waals surface area contributed by atoms with E-state index >= 15 is 0 Å². The summed E-state index contributed by atoms with van der Waals surface area (Å²) in [6.45, 7) is 0. The van der Waals surface area contributed by atoms with Crippen LogP contribution in [0.1, 0.15) is 43.2 Å². The smallest absolute Gasteiger partial charge is 0.379 e. The largest absolute Gasteiger partial charge is 0.416 e. The number of quaternary nitrogens is 1. The predicted octanol–water partition coefficient (Wildman–Crippen LogP) is 4.38. The number of aliphatic imine (C=N–C) groups is 1. The Hall–Kier alpha value is -2.45. The first-order chi connectivity index (χ1) is 13.3. The average Bonchev–Trinajstić information content (AvgIpc) is 3.08. The summed E-state index contributed by atoms with van der Waals surface area (Å²) >= 11 is 0. The van der Waals surface area contributed by atoms with Gasteiger partial charge in [0.05, 0.1) is 11.8 Å². The molecule has 2 N–H and O–H groups in total. The Balaban J connectivity index is 1.90. The molecule has 0 aromatic heterocycles. The van der Waals surface area contributed by atoms with E-state index in [9.17, 15) is 13.2 Å². The first-order valence-electron chi connectivity index (χ1n) is 9.27. The number of alkyl halides is 3. The van der Waals surface area contributed by atoms with E-state index in [2.05, 4.69) is 4.99 Å². The van der Waals surface area contributed by atoms with E-state index in [4.69, 9.17) is 15.6 Å². The van der Waals surface area contributed by atoms with Gasteiger partial charge in [-0.15, -0.1) is 0 Å². The standard InChI is InChI=1S/C20H22F3N4O/c1-28-19(10-3-2-4-11-19)27-16(13-25-18(27)9-8-17(24)26-27)14-6-5-7-15(12-14)20(21,22)23/h5-9,12-13H,2-4,10-11H2,1H3,(H2,24,26)/q+1. The summed E-state index contributed by atoms with van der Waals surface area (Å²) in [6, 6.07) is 5.25. The minimum atomic E-state index is -4.43. The number of amidine groups is 2. The van der Waals surface area contributed by atoms with E-state index in [-0.39, 0.29) is 4.59 Å². The Morgan fingerprint density at radius 1 is 1.14 bits per heavy atom. The van der Waals surface area contributed by atoms with Gasteiger partial charge in [-0.05, 0) is 42.2 Å². The van der Waals surface area contributed by atoms with Crippen LogP contribution < -0.4 is 5.73 Å². The fourth-order valence-corrected chi connectivity index (χ4v) is 4.44. The second-order valence-electron chi connectivity index (χ2n) is 7.28. The van der Waals surface area contributed by atoms with Crippen molar-refractivity contribution in [3.05, 3.63) is 53.7 Å². The molecule has 148 valence electrons. The van der Waals surface area contributed by atoms with Gasteiger partial charge in [0.15, 0.2) is 11.5 Å². The highest BCUT2D eigenvalue weighted by Crippen LogP contribution is 2.50. The van der Waals surface area contributed by atoms with Crippen molar-refractivity contribution in [1.29, 1.82) is 0 Å². The lowest BCUT2D eigenvalue weighted by molar-refractivity contribution is -0.867. The van der Waals surface area contributed by atoms with Crippen molar-refractivity contribution in [2.24, 2.45) is 15.8 Å². The molecule has 0 radical (unpaired) electrons. The first-order valence-corrected chi connectivity index (χ1v) is 9.27. The van der Waals surface area contributed by atoms with E-state index in [1.165, 1.54) is 6.07 Å². The van der Waals surface area contributed by atoms with Gasteiger partial charge in [-0.3, -0.25) is 0 Å². The molecule has 1 aromatic carbocycles. The van der Waals surface area contributed by atoms with Crippen molar-refractivity contribution >= 4 is 17.4 Å². The number of rotatable bonds is 3. The maximum Gasteiger partial charge on any atom is 0.416 e. The molecule has 1 atom stereocenters. The van der Waals surface area contributed by atoms with Gasteiger partial charge in [0, 0.05) is 31.6 Å². The van der Waals surface area contributed by atoms with Crippen LogP contribution in [0.3, 0.4) is 0 Å². The van der Waals surface area contributed by atoms with Gasteiger partial charge in [0.1, 0.15) is 0 Å². The Bertz CT molecular complexity index is 910. The van der Waals surface area contributed by atoms with Crippen LogP contribution in [-0.2, 0) is 10.9 Å². The number of fused-ring (bicyclic) bond motifs is 1. The van der Waals surface area contributed by atoms with Crippen LogP contribution in [0.25, 0.3) is 5.70 Å². The zero-order valence-corrected chi connectivity index (χ0v) is 15.5. The molecule has 2 heterocycles. The third kappa shape index (κ3) is 2.70. The highest BCUT2D eigenvalue weighted by Gasteiger charge is 2.62. The average molecular weight is 391 g/mol. The molecule has 4 rings (SSSR count). The Labute approximate surface area is 161 Å². The summed E-state index contributed by atoms with van der Waals surface area (Å²) < 4.78 is 45.8. The van der Waals surface area contributed by atoms with Gasteiger partial charge >= 0.3 is 6.18 Å². The minimum Gasteiger partial charge on any atom is -0.379 e. The highest BCUT2D eigenvalue weighted by molar-refractivity contribution is 6.04. The van der Waals surface area contributed by atoms with Crippen LogP contribution in [0.4, 0.5) is 13.2 Å². The van der Waals surface area contributed by atoms with Crippen molar-refractivity contribution in [3.63, 3.8) is 0 Å². The Kier molecular flexibility index (Phi) is 4.43. The first kappa shape index (κ1) is 18.9. The van der Waals surface area contributed by atoms with Crippen molar-refractivity contribution in [2.75, 3.05) is 7.11 Å². The van der Waals surface area contributed by atoms with Crippen LogP contribution in [0, 0.1) is 0 Å². The molecule has 28 heavy (non-hydrogen) atoms. The molecule has 1 saturated carbocycles. The van der Waals surface area contributed by atoms with Gasteiger partial charge in [-0.25, -0.2) is 0 Å². The number of hydrogen-bond acceptors (Lipinski definition) is 4. The molecule has 0 amide bonds. The molecule has 1 aliphatic carbocycles. The van der Waals surface area contributed by atoms with Gasteiger partial charge in [-0.2, -0.15) is 18.2 Å². The number of nitrogens with zero attached hydrogens (tertiary/aromatic N) is 3. The lowest BCUT2D eigenvalue weighted by Gasteiger charge is -2.47. The second kappa shape index (κ2) is 6.56. The molecule has 1 fully saturated rings. The Morgan fingerprint density at radius 2 is 1.89 bits per heavy atom.